The first-order chi connectivity index (χ1) is 28.9. The summed E-state index contributed by atoms with van der Waals surface area (Å²) < 4.78 is 50.9. The molecule has 2 heterocycles. The van der Waals surface area contributed by atoms with Gasteiger partial charge in [0.05, 0.1) is 16.6 Å². The lowest BCUT2D eigenvalue weighted by Gasteiger charge is -2.26. The van der Waals surface area contributed by atoms with E-state index in [4.69, 9.17) is 8.83 Å². The zero-order valence-electron chi connectivity index (χ0n) is 33.5. The molecule has 0 radical (unpaired) electrons. The zero-order chi connectivity index (χ0) is 39.8. The Morgan fingerprint density at radius 1 is 0.364 bits per heavy atom. The smallest absolute Gasteiger partial charge is 0.143 e. The van der Waals surface area contributed by atoms with Crippen LogP contribution in [-0.4, -0.2) is 0 Å². The second-order valence-corrected chi connectivity index (χ2v) is 13.7. The topological polar surface area (TPSA) is 29.5 Å². The molecule has 2 aromatic heterocycles. The largest absolute Gasteiger partial charge is 0.456 e. The fraction of sp³-hybridized carbons (Fsp3) is 0. The van der Waals surface area contributed by atoms with Crippen molar-refractivity contribution < 1.29 is 14.3 Å². The number of fused-ring (bicyclic) bond motifs is 8. The minimum Gasteiger partial charge on any atom is -0.456 e. The highest BCUT2D eigenvalue weighted by Gasteiger charge is 2.21. The molecule has 0 saturated carbocycles. The third kappa shape index (κ3) is 5.20. The molecule has 55 heavy (non-hydrogen) atoms. The number of hydrogen-bond acceptors (Lipinski definition) is 3. The number of furan rings is 2. The molecule has 0 bridgehead atoms. The summed E-state index contributed by atoms with van der Waals surface area (Å²) in [4.78, 5) is 1.85. The summed E-state index contributed by atoms with van der Waals surface area (Å²) in [5.41, 5.74) is 9.42. The standard InChI is InChI=1S/C52H33NO2/c1-2-10-34(11-3-1)35-20-22-36(23-21-35)37-24-29-40(30-25-37)53(46-16-9-19-49-51(46)45-33-28-38-12-4-5-13-43(38)52(45)55-49)41-31-26-39(27-32-41)42-15-8-18-48-50(42)44-14-6-7-17-47(44)54-48/h1-33H/i24D,25D,29D,30D. The van der Waals surface area contributed by atoms with Gasteiger partial charge in [0.1, 0.15) is 22.3 Å². The van der Waals surface area contributed by atoms with E-state index in [9.17, 15) is 5.48 Å². The van der Waals surface area contributed by atoms with Crippen LogP contribution in [0.25, 0.3) is 88.0 Å². The minimum absolute atomic E-state index is 0.121. The van der Waals surface area contributed by atoms with Gasteiger partial charge in [-0.2, -0.15) is 0 Å². The fourth-order valence-electron chi connectivity index (χ4n) is 7.94. The van der Waals surface area contributed by atoms with Gasteiger partial charge >= 0.3 is 0 Å². The quantitative estimate of drug-likeness (QED) is 0.172. The van der Waals surface area contributed by atoms with Crippen molar-refractivity contribution in [2.45, 2.75) is 0 Å². The van der Waals surface area contributed by atoms with Crippen molar-refractivity contribution in [2.75, 3.05) is 4.90 Å². The molecule has 0 aliphatic rings. The van der Waals surface area contributed by atoms with E-state index < -0.39 is 0 Å². The van der Waals surface area contributed by atoms with Crippen LogP contribution in [0.15, 0.2) is 209 Å². The van der Waals surface area contributed by atoms with Crippen LogP contribution < -0.4 is 4.90 Å². The Morgan fingerprint density at radius 2 is 0.982 bits per heavy atom. The summed E-state index contributed by atoms with van der Waals surface area (Å²) in [6.45, 7) is 0. The van der Waals surface area contributed by atoms with Crippen LogP contribution >= 0.6 is 0 Å². The van der Waals surface area contributed by atoms with Crippen LogP contribution in [0.2, 0.25) is 0 Å². The fourth-order valence-corrected chi connectivity index (χ4v) is 7.94. The van der Waals surface area contributed by atoms with Gasteiger partial charge in [-0.15, -0.1) is 0 Å². The van der Waals surface area contributed by atoms with E-state index in [1.54, 1.807) is 0 Å². The molecular weight excluding hydrogens is 671 g/mol. The Hall–Kier alpha value is -7.36. The summed E-state index contributed by atoms with van der Waals surface area (Å²) in [5.74, 6) is 0. The van der Waals surface area contributed by atoms with Crippen LogP contribution in [0, 0.1) is 0 Å². The van der Waals surface area contributed by atoms with E-state index in [2.05, 4.69) is 30.3 Å². The van der Waals surface area contributed by atoms with E-state index in [1.165, 1.54) is 0 Å². The van der Waals surface area contributed by atoms with Crippen molar-refractivity contribution in [3.8, 4) is 33.4 Å². The van der Waals surface area contributed by atoms with Crippen LogP contribution in [0.3, 0.4) is 0 Å². The summed E-state index contributed by atoms with van der Waals surface area (Å²) in [7, 11) is 0. The summed E-state index contributed by atoms with van der Waals surface area (Å²) in [6.07, 6.45) is 0. The van der Waals surface area contributed by atoms with Crippen molar-refractivity contribution in [2.24, 2.45) is 0 Å². The van der Waals surface area contributed by atoms with E-state index in [0.717, 1.165) is 71.3 Å². The van der Waals surface area contributed by atoms with Gasteiger partial charge in [-0.05, 0) is 93.3 Å². The summed E-state index contributed by atoms with van der Waals surface area (Å²) in [5, 5.41) is 5.80. The maximum absolute atomic E-state index is 9.63. The van der Waals surface area contributed by atoms with Crippen molar-refractivity contribution >= 4 is 71.7 Å². The van der Waals surface area contributed by atoms with Crippen molar-refractivity contribution in [3.63, 3.8) is 0 Å². The molecule has 11 rings (SSSR count). The predicted molar refractivity (Wildman–Crippen MR) is 229 cm³/mol. The number of para-hydroxylation sites is 1. The summed E-state index contributed by atoms with van der Waals surface area (Å²) in [6, 6.07) is 57.3. The molecule has 0 fully saturated rings. The maximum Gasteiger partial charge on any atom is 0.143 e. The lowest BCUT2D eigenvalue weighted by Crippen LogP contribution is -2.10. The van der Waals surface area contributed by atoms with E-state index in [-0.39, 0.29) is 35.4 Å². The second kappa shape index (κ2) is 12.6. The molecule has 0 aliphatic heterocycles. The van der Waals surface area contributed by atoms with Crippen molar-refractivity contribution in [3.05, 3.63) is 200 Å². The highest BCUT2D eigenvalue weighted by atomic mass is 16.3. The molecular formula is C52H33NO2. The molecule has 3 heteroatoms. The first-order valence-electron chi connectivity index (χ1n) is 20.3. The predicted octanol–water partition coefficient (Wildman–Crippen LogP) is 15.1. The second-order valence-electron chi connectivity index (χ2n) is 13.7. The number of anilines is 3. The first-order valence-corrected chi connectivity index (χ1v) is 18.3. The van der Waals surface area contributed by atoms with E-state index in [1.807, 2.05) is 150 Å². The average molecular weight is 708 g/mol. The van der Waals surface area contributed by atoms with E-state index >= 15 is 0 Å². The molecule has 258 valence electrons. The van der Waals surface area contributed by atoms with Crippen LogP contribution in [0.4, 0.5) is 17.1 Å². The third-order valence-corrected chi connectivity index (χ3v) is 10.6. The van der Waals surface area contributed by atoms with Crippen molar-refractivity contribution in [1.29, 1.82) is 0 Å². The van der Waals surface area contributed by atoms with Gasteiger partial charge in [-0.3, -0.25) is 0 Å². The Balaban J connectivity index is 1.12. The number of rotatable bonds is 6. The minimum atomic E-state index is -0.151. The maximum atomic E-state index is 9.63. The lowest BCUT2D eigenvalue weighted by molar-refractivity contribution is 0.669. The molecule has 0 saturated heterocycles. The molecule has 11 aromatic rings. The van der Waals surface area contributed by atoms with Gasteiger partial charge in [0.25, 0.3) is 0 Å². The summed E-state index contributed by atoms with van der Waals surface area (Å²) >= 11 is 0. The van der Waals surface area contributed by atoms with Gasteiger partial charge in [0.2, 0.25) is 0 Å². The van der Waals surface area contributed by atoms with Gasteiger partial charge in [0.15, 0.2) is 0 Å². The normalized spacial score (nSPS) is 12.7. The van der Waals surface area contributed by atoms with Gasteiger partial charge < -0.3 is 13.7 Å². The third-order valence-electron chi connectivity index (χ3n) is 10.6. The molecule has 0 atom stereocenters. The monoisotopic (exact) mass is 707 g/mol. The molecule has 0 aliphatic carbocycles. The molecule has 0 unspecified atom stereocenters. The van der Waals surface area contributed by atoms with Gasteiger partial charge in [-0.1, -0.05) is 146 Å². The van der Waals surface area contributed by atoms with Crippen LogP contribution in [0.5, 0.6) is 0 Å². The first kappa shape index (κ1) is 27.3. The molecule has 9 aromatic carbocycles. The number of benzene rings is 9. The Kier molecular flexibility index (Phi) is 6.27. The van der Waals surface area contributed by atoms with Crippen molar-refractivity contribution in [1.82, 2.24) is 0 Å². The highest BCUT2D eigenvalue weighted by Crippen LogP contribution is 2.45. The zero-order valence-corrected chi connectivity index (χ0v) is 29.5. The van der Waals surface area contributed by atoms with Gasteiger partial charge in [-0.25, -0.2) is 0 Å². The number of hydrogen-bond donors (Lipinski definition) is 0. The Bertz CT molecular complexity index is 3400. The molecule has 0 N–H and O–H groups in total. The molecule has 3 nitrogen and oxygen atoms in total. The molecule has 0 amide bonds. The SMILES string of the molecule is [2H]c1c([2H])c(N(c2ccc(-c3cccc4oc5ccccc5c34)cc2)c2cccc3oc4c5ccccc5ccc4c23)c([2H])c([2H])c1-c1ccc(-c2ccccc2)cc1. The average Bonchev–Trinajstić information content (AvgIpc) is 3.87. The van der Waals surface area contributed by atoms with Gasteiger partial charge in [0, 0.05) is 32.9 Å². The molecule has 0 spiro atoms. The number of nitrogens with zero attached hydrogens (tertiary/aromatic N) is 1. The Morgan fingerprint density at radius 3 is 1.78 bits per heavy atom. The highest BCUT2D eigenvalue weighted by molar-refractivity contribution is 6.19. The van der Waals surface area contributed by atoms with E-state index in [0.29, 0.717) is 22.5 Å². The van der Waals surface area contributed by atoms with Crippen LogP contribution in [-0.2, 0) is 0 Å². The van der Waals surface area contributed by atoms with Crippen LogP contribution in [0.1, 0.15) is 5.48 Å². The Labute approximate surface area is 323 Å². The lowest BCUT2D eigenvalue weighted by atomic mass is 9.98.